The Bertz CT molecular complexity index is 872. The first-order valence-electron chi connectivity index (χ1n) is 9.76. The van der Waals surface area contributed by atoms with Crippen molar-refractivity contribution in [3.05, 3.63) is 59.2 Å². The number of phenols is 1. The fraction of sp³-hybridized carbons (Fsp3) is 0.391. The second-order valence-corrected chi connectivity index (χ2v) is 8.04. The SMILES string of the molecule is COC(=O)c1ccc(N(C)Cc2ccc(CCNC(=O)OC(C)(C)C)cc2)cc1O. The van der Waals surface area contributed by atoms with Gasteiger partial charge in [0.25, 0.3) is 0 Å². The molecule has 0 fully saturated rings. The number of aromatic hydroxyl groups is 1. The molecule has 0 aliphatic rings. The fourth-order valence-corrected chi connectivity index (χ4v) is 2.84. The van der Waals surface area contributed by atoms with Gasteiger partial charge in [-0.3, -0.25) is 0 Å². The van der Waals surface area contributed by atoms with Crippen molar-refractivity contribution in [1.82, 2.24) is 5.32 Å². The van der Waals surface area contributed by atoms with Crippen LogP contribution >= 0.6 is 0 Å². The summed E-state index contributed by atoms with van der Waals surface area (Å²) in [5.41, 5.74) is 2.62. The Morgan fingerprint density at radius 3 is 2.27 bits per heavy atom. The average Bonchev–Trinajstić information content (AvgIpc) is 2.67. The summed E-state index contributed by atoms with van der Waals surface area (Å²) in [6, 6.07) is 13.0. The van der Waals surface area contributed by atoms with Gasteiger partial charge in [-0.25, -0.2) is 9.59 Å². The van der Waals surface area contributed by atoms with E-state index in [1.807, 2.05) is 57.0 Å². The number of carbonyl (C=O) groups is 2. The summed E-state index contributed by atoms with van der Waals surface area (Å²) in [5.74, 6) is -0.683. The van der Waals surface area contributed by atoms with Crippen LogP contribution in [0, 0.1) is 0 Å². The van der Waals surface area contributed by atoms with E-state index in [-0.39, 0.29) is 11.3 Å². The van der Waals surface area contributed by atoms with Gasteiger partial charge in [0.15, 0.2) is 0 Å². The normalized spacial score (nSPS) is 11.0. The molecule has 0 atom stereocenters. The summed E-state index contributed by atoms with van der Waals surface area (Å²) in [5, 5.41) is 12.8. The van der Waals surface area contributed by atoms with Crippen molar-refractivity contribution in [1.29, 1.82) is 0 Å². The van der Waals surface area contributed by atoms with Crippen molar-refractivity contribution < 1.29 is 24.2 Å². The first kappa shape index (κ1) is 23.1. The van der Waals surface area contributed by atoms with Crippen LogP contribution in [0.15, 0.2) is 42.5 Å². The Hall–Kier alpha value is -3.22. The highest BCUT2D eigenvalue weighted by atomic mass is 16.6. The number of carbonyl (C=O) groups excluding carboxylic acids is 2. The third kappa shape index (κ3) is 6.99. The molecule has 2 aromatic carbocycles. The maximum absolute atomic E-state index is 11.7. The molecule has 7 heteroatoms. The van der Waals surface area contributed by atoms with Crippen molar-refractivity contribution in [3.8, 4) is 5.75 Å². The molecule has 30 heavy (non-hydrogen) atoms. The Morgan fingerprint density at radius 1 is 1.07 bits per heavy atom. The van der Waals surface area contributed by atoms with Crippen LogP contribution < -0.4 is 10.2 Å². The van der Waals surface area contributed by atoms with Crippen molar-refractivity contribution >= 4 is 17.7 Å². The summed E-state index contributed by atoms with van der Waals surface area (Å²) in [6.45, 7) is 6.62. The average molecular weight is 415 g/mol. The minimum absolute atomic E-state index is 0.112. The van der Waals surface area contributed by atoms with Crippen LogP contribution in [0.2, 0.25) is 0 Å². The number of esters is 1. The molecular formula is C23H30N2O5. The standard InChI is InChI=1S/C23H30N2O5/c1-23(2,3)30-22(28)24-13-12-16-6-8-17(9-7-16)15-25(4)18-10-11-19(20(26)14-18)21(27)29-5/h6-11,14,26H,12-13,15H2,1-5H3,(H,24,28). The van der Waals surface area contributed by atoms with Crippen molar-refractivity contribution in [2.24, 2.45) is 0 Å². The molecule has 0 aliphatic carbocycles. The molecule has 0 aromatic heterocycles. The molecule has 162 valence electrons. The molecule has 0 unspecified atom stereocenters. The smallest absolute Gasteiger partial charge is 0.407 e. The number of nitrogens with zero attached hydrogens (tertiary/aromatic N) is 1. The molecule has 2 rings (SSSR count). The minimum atomic E-state index is -0.571. The summed E-state index contributed by atoms with van der Waals surface area (Å²) < 4.78 is 9.86. The fourth-order valence-electron chi connectivity index (χ4n) is 2.84. The molecular weight excluding hydrogens is 384 g/mol. The number of nitrogens with one attached hydrogen (secondary N) is 1. The second-order valence-electron chi connectivity index (χ2n) is 8.04. The number of anilines is 1. The molecule has 7 nitrogen and oxygen atoms in total. The molecule has 0 saturated carbocycles. The van der Waals surface area contributed by atoms with E-state index in [2.05, 4.69) is 10.1 Å². The third-order valence-corrected chi connectivity index (χ3v) is 4.35. The predicted octanol–water partition coefficient (Wildman–Crippen LogP) is 3.88. The second kappa shape index (κ2) is 10.0. The van der Waals surface area contributed by atoms with Crippen molar-refractivity contribution in [2.45, 2.75) is 39.3 Å². The molecule has 2 aromatic rings. The van der Waals surface area contributed by atoms with Gasteiger partial charge in [0.2, 0.25) is 0 Å². The van der Waals surface area contributed by atoms with Crippen LogP contribution in [0.3, 0.4) is 0 Å². The summed E-state index contributed by atoms with van der Waals surface area (Å²) in [4.78, 5) is 25.2. The van der Waals surface area contributed by atoms with Crippen molar-refractivity contribution in [2.75, 3.05) is 25.6 Å². The number of rotatable bonds is 7. The number of phenolic OH excluding ortho intramolecular Hbond substituents is 1. The van der Waals surface area contributed by atoms with Crippen LogP contribution in [-0.2, 0) is 22.4 Å². The van der Waals surface area contributed by atoms with Gasteiger partial charge in [-0.2, -0.15) is 0 Å². The van der Waals surface area contributed by atoms with Crippen LogP contribution in [-0.4, -0.2) is 43.5 Å². The largest absolute Gasteiger partial charge is 0.507 e. The lowest BCUT2D eigenvalue weighted by atomic mass is 10.1. The van der Waals surface area contributed by atoms with Gasteiger partial charge in [-0.1, -0.05) is 24.3 Å². The van der Waals surface area contributed by atoms with Gasteiger partial charge in [0.05, 0.1) is 7.11 Å². The number of methoxy groups -OCH3 is 1. The lowest BCUT2D eigenvalue weighted by Crippen LogP contribution is -2.33. The number of alkyl carbamates (subject to hydrolysis) is 1. The first-order valence-corrected chi connectivity index (χ1v) is 9.76. The maximum atomic E-state index is 11.7. The molecule has 1 amide bonds. The van der Waals surface area contributed by atoms with Crippen LogP contribution in [0.25, 0.3) is 0 Å². The van der Waals surface area contributed by atoms with E-state index in [0.29, 0.717) is 19.5 Å². The molecule has 0 bridgehead atoms. The molecule has 2 N–H and O–H groups in total. The molecule has 0 heterocycles. The highest BCUT2D eigenvalue weighted by Crippen LogP contribution is 2.25. The third-order valence-electron chi connectivity index (χ3n) is 4.35. The monoisotopic (exact) mass is 414 g/mol. The predicted molar refractivity (Wildman–Crippen MR) is 116 cm³/mol. The first-order chi connectivity index (χ1) is 14.1. The maximum Gasteiger partial charge on any atom is 0.407 e. The molecule has 0 spiro atoms. The molecule has 0 radical (unpaired) electrons. The number of amides is 1. The minimum Gasteiger partial charge on any atom is -0.507 e. The van der Waals surface area contributed by atoms with Gasteiger partial charge in [-0.15, -0.1) is 0 Å². The lowest BCUT2D eigenvalue weighted by molar-refractivity contribution is 0.0527. The Morgan fingerprint density at radius 2 is 1.70 bits per heavy atom. The summed E-state index contributed by atoms with van der Waals surface area (Å²) in [6.07, 6.45) is 0.292. The summed E-state index contributed by atoms with van der Waals surface area (Å²) >= 11 is 0. The van der Waals surface area contributed by atoms with E-state index in [4.69, 9.17) is 4.74 Å². The zero-order valence-electron chi connectivity index (χ0n) is 18.2. The number of benzene rings is 2. The zero-order valence-corrected chi connectivity index (χ0v) is 18.2. The van der Waals surface area contributed by atoms with E-state index in [9.17, 15) is 14.7 Å². The van der Waals surface area contributed by atoms with Gasteiger partial charge >= 0.3 is 12.1 Å². The van der Waals surface area contributed by atoms with Gasteiger partial charge < -0.3 is 24.8 Å². The van der Waals surface area contributed by atoms with E-state index in [0.717, 1.165) is 16.8 Å². The van der Waals surface area contributed by atoms with Crippen LogP contribution in [0.1, 0.15) is 42.3 Å². The number of hydrogen-bond donors (Lipinski definition) is 2. The lowest BCUT2D eigenvalue weighted by Gasteiger charge is -2.20. The van der Waals surface area contributed by atoms with Crippen LogP contribution in [0.5, 0.6) is 5.75 Å². The summed E-state index contributed by atoms with van der Waals surface area (Å²) in [7, 11) is 3.18. The van der Waals surface area contributed by atoms with Gasteiger partial charge in [-0.05, 0) is 50.5 Å². The highest BCUT2D eigenvalue weighted by Gasteiger charge is 2.15. The van der Waals surface area contributed by atoms with E-state index in [1.165, 1.54) is 7.11 Å². The molecule has 0 saturated heterocycles. The van der Waals surface area contributed by atoms with E-state index >= 15 is 0 Å². The zero-order chi connectivity index (χ0) is 22.3. The quantitative estimate of drug-likeness (QED) is 0.669. The highest BCUT2D eigenvalue weighted by molar-refractivity contribution is 5.92. The number of ether oxygens (including phenoxy) is 2. The van der Waals surface area contributed by atoms with Gasteiger partial charge in [0, 0.05) is 31.9 Å². The van der Waals surface area contributed by atoms with Crippen molar-refractivity contribution in [3.63, 3.8) is 0 Å². The van der Waals surface area contributed by atoms with Gasteiger partial charge in [0.1, 0.15) is 16.9 Å². The topological polar surface area (TPSA) is 88.1 Å². The van der Waals surface area contributed by atoms with Crippen LogP contribution in [0.4, 0.5) is 10.5 Å². The van der Waals surface area contributed by atoms with E-state index in [1.54, 1.807) is 18.2 Å². The molecule has 0 aliphatic heterocycles. The number of hydrogen-bond acceptors (Lipinski definition) is 6. The Labute approximate surface area is 177 Å². The van der Waals surface area contributed by atoms with E-state index < -0.39 is 17.7 Å². The Balaban J connectivity index is 1.89. The Kier molecular flexibility index (Phi) is 7.69.